The quantitative estimate of drug-likeness (QED) is 0.877. The summed E-state index contributed by atoms with van der Waals surface area (Å²) in [6, 6.07) is -0.262. The van der Waals surface area contributed by atoms with Crippen LogP contribution in [0.2, 0.25) is 0 Å². The molecule has 1 aromatic rings. The summed E-state index contributed by atoms with van der Waals surface area (Å²) in [5, 5.41) is 8.98. The third-order valence-corrected chi connectivity index (χ3v) is 6.22. The lowest BCUT2D eigenvalue weighted by atomic mass is 10.2. The molecule has 1 N–H and O–H groups in total. The summed E-state index contributed by atoms with van der Waals surface area (Å²) in [5.41, 5.74) is 0.823. The van der Waals surface area contributed by atoms with E-state index in [-0.39, 0.29) is 16.8 Å². The lowest BCUT2D eigenvalue weighted by Gasteiger charge is -2.33. The summed E-state index contributed by atoms with van der Waals surface area (Å²) in [6.45, 7) is 2.75. The maximum atomic E-state index is 12.5. The first kappa shape index (κ1) is 14.4. The molecule has 1 aromatic heterocycles. The smallest absolute Gasteiger partial charge is 0.356 e. The number of carbonyl (C=O) groups is 1. The number of morpholine rings is 1. The van der Waals surface area contributed by atoms with E-state index < -0.39 is 21.7 Å². The highest BCUT2D eigenvalue weighted by Crippen LogP contribution is 2.27. The van der Waals surface area contributed by atoms with E-state index >= 15 is 0 Å². The minimum atomic E-state index is -3.83. The number of thiazole rings is 1. The molecule has 0 radical (unpaired) electrons. The molecule has 0 bridgehead atoms. The fourth-order valence-corrected chi connectivity index (χ4v) is 4.87. The molecular weight excluding hydrogens is 292 g/mol. The van der Waals surface area contributed by atoms with Gasteiger partial charge in [0.25, 0.3) is 10.0 Å². The van der Waals surface area contributed by atoms with Crippen LogP contribution in [0.5, 0.6) is 0 Å². The Kier molecular flexibility index (Phi) is 4.19. The molecule has 0 spiro atoms. The second kappa shape index (κ2) is 5.53. The molecule has 106 valence electrons. The van der Waals surface area contributed by atoms with Gasteiger partial charge in [-0.1, -0.05) is 6.92 Å². The van der Waals surface area contributed by atoms with Gasteiger partial charge >= 0.3 is 5.97 Å². The van der Waals surface area contributed by atoms with Crippen molar-refractivity contribution < 1.29 is 23.1 Å². The predicted octanol–water partition coefficient (Wildman–Crippen LogP) is 0.641. The highest BCUT2D eigenvalue weighted by atomic mass is 32.2. The molecule has 1 unspecified atom stereocenters. The Morgan fingerprint density at radius 2 is 2.42 bits per heavy atom. The Bertz CT molecular complexity index is 568. The van der Waals surface area contributed by atoms with Crippen LogP contribution in [0.25, 0.3) is 0 Å². The first-order valence-corrected chi connectivity index (χ1v) is 8.06. The Labute approximate surface area is 114 Å². The molecule has 0 aliphatic carbocycles. The second-order valence-electron chi connectivity index (χ2n) is 4.05. The van der Waals surface area contributed by atoms with Gasteiger partial charge in [-0.25, -0.2) is 18.2 Å². The van der Waals surface area contributed by atoms with Crippen molar-refractivity contribution in [3.05, 3.63) is 11.2 Å². The first-order chi connectivity index (χ1) is 8.98. The number of carboxylic acids is 1. The van der Waals surface area contributed by atoms with Gasteiger partial charge in [0.05, 0.1) is 18.7 Å². The summed E-state index contributed by atoms with van der Waals surface area (Å²) in [7, 11) is -3.83. The maximum Gasteiger partial charge on any atom is 0.356 e. The van der Waals surface area contributed by atoms with Crippen molar-refractivity contribution in [3.8, 4) is 0 Å². The molecule has 1 fully saturated rings. The highest BCUT2D eigenvalue weighted by molar-refractivity contribution is 7.91. The summed E-state index contributed by atoms with van der Waals surface area (Å²) >= 11 is 0.829. The van der Waals surface area contributed by atoms with Crippen molar-refractivity contribution in [2.45, 2.75) is 23.6 Å². The Balaban J connectivity index is 2.41. The molecule has 2 rings (SSSR count). The van der Waals surface area contributed by atoms with Crippen molar-refractivity contribution >= 4 is 27.3 Å². The largest absolute Gasteiger partial charge is 0.476 e. The molecule has 0 saturated carbocycles. The number of aromatic nitrogens is 1. The average Bonchev–Trinajstić information content (AvgIpc) is 2.88. The molecule has 2 heterocycles. The second-order valence-corrected chi connectivity index (χ2v) is 6.99. The highest BCUT2D eigenvalue weighted by Gasteiger charge is 2.37. The molecule has 0 aromatic carbocycles. The van der Waals surface area contributed by atoms with Gasteiger partial charge in [0.1, 0.15) is 0 Å². The lowest BCUT2D eigenvalue weighted by molar-refractivity contribution is 0.0314. The van der Waals surface area contributed by atoms with Gasteiger partial charge in [0.2, 0.25) is 0 Å². The number of ether oxygens (including phenoxy) is 1. The number of sulfonamides is 1. The average molecular weight is 306 g/mol. The van der Waals surface area contributed by atoms with Gasteiger partial charge in [-0.2, -0.15) is 4.31 Å². The van der Waals surface area contributed by atoms with E-state index in [4.69, 9.17) is 9.84 Å². The van der Waals surface area contributed by atoms with Gasteiger partial charge < -0.3 is 9.84 Å². The number of nitrogens with zero attached hydrogens (tertiary/aromatic N) is 2. The van der Waals surface area contributed by atoms with E-state index in [1.54, 1.807) is 0 Å². The van der Waals surface area contributed by atoms with Gasteiger partial charge in [-0.3, -0.25) is 0 Å². The Hall–Kier alpha value is -1.03. The van der Waals surface area contributed by atoms with Crippen molar-refractivity contribution in [1.82, 2.24) is 9.29 Å². The lowest BCUT2D eigenvalue weighted by Crippen LogP contribution is -2.48. The Morgan fingerprint density at radius 1 is 1.68 bits per heavy atom. The molecular formula is C10H14N2O5S2. The van der Waals surface area contributed by atoms with Crippen LogP contribution in [0.15, 0.2) is 9.72 Å². The standard InChI is InChI=1S/C10H14N2O5S2/c1-2-7-5-17-4-3-12(7)19(15,16)10-8(9(13)14)11-6-18-10/h6-7H,2-5H2,1H3,(H,13,14). The normalized spacial score (nSPS) is 21.4. The third-order valence-electron chi connectivity index (χ3n) is 2.93. The molecule has 0 amide bonds. The summed E-state index contributed by atoms with van der Waals surface area (Å²) in [6.07, 6.45) is 0.612. The molecule has 1 saturated heterocycles. The first-order valence-electron chi connectivity index (χ1n) is 5.74. The number of carboxylic acid groups (broad SMARTS) is 1. The van der Waals surface area contributed by atoms with Gasteiger partial charge in [0, 0.05) is 12.6 Å². The zero-order chi connectivity index (χ0) is 14.0. The SMILES string of the molecule is CCC1COCCN1S(=O)(=O)c1scnc1C(=O)O. The van der Waals surface area contributed by atoms with Crippen molar-refractivity contribution in [1.29, 1.82) is 0 Å². The predicted molar refractivity (Wildman–Crippen MR) is 67.9 cm³/mol. The van der Waals surface area contributed by atoms with Crippen LogP contribution in [-0.4, -0.2) is 54.6 Å². The molecule has 1 aliphatic heterocycles. The fraction of sp³-hybridized carbons (Fsp3) is 0.600. The van der Waals surface area contributed by atoms with E-state index in [0.29, 0.717) is 19.6 Å². The van der Waals surface area contributed by atoms with Crippen LogP contribution in [0.4, 0.5) is 0 Å². The topological polar surface area (TPSA) is 96.8 Å². The zero-order valence-electron chi connectivity index (χ0n) is 10.3. The number of hydrogen-bond donors (Lipinski definition) is 1. The molecule has 9 heteroatoms. The van der Waals surface area contributed by atoms with E-state index in [1.165, 1.54) is 9.82 Å². The molecule has 1 atom stereocenters. The third kappa shape index (κ3) is 2.64. The van der Waals surface area contributed by atoms with E-state index in [2.05, 4.69) is 4.98 Å². The van der Waals surface area contributed by atoms with Crippen LogP contribution < -0.4 is 0 Å². The summed E-state index contributed by atoms with van der Waals surface area (Å²) < 4.78 is 31.4. The van der Waals surface area contributed by atoms with Crippen molar-refractivity contribution in [3.63, 3.8) is 0 Å². The van der Waals surface area contributed by atoms with E-state index in [1.807, 2.05) is 6.92 Å². The minimum absolute atomic E-state index is 0.208. The van der Waals surface area contributed by atoms with Gasteiger partial charge in [0.15, 0.2) is 9.90 Å². The number of hydrogen-bond acceptors (Lipinski definition) is 6. The van der Waals surface area contributed by atoms with Crippen LogP contribution >= 0.6 is 11.3 Å². The van der Waals surface area contributed by atoms with Crippen molar-refractivity contribution in [2.75, 3.05) is 19.8 Å². The summed E-state index contributed by atoms with van der Waals surface area (Å²) in [4.78, 5) is 14.6. The maximum absolute atomic E-state index is 12.5. The van der Waals surface area contributed by atoms with E-state index in [9.17, 15) is 13.2 Å². The van der Waals surface area contributed by atoms with Gasteiger partial charge in [-0.05, 0) is 6.42 Å². The van der Waals surface area contributed by atoms with E-state index in [0.717, 1.165) is 11.3 Å². The molecule has 1 aliphatic rings. The minimum Gasteiger partial charge on any atom is -0.476 e. The Morgan fingerprint density at radius 3 is 3.05 bits per heavy atom. The number of rotatable bonds is 4. The van der Waals surface area contributed by atoms with Crippen LogP contribution in [0.1, 0.15) is 23.8 Å². The van der Waals surface area contributed by atoms with Crippen LogP contribution in [0.3, 0.4) is 0 Å². The van der Waals surface area contributed by atoms with Crippen LogP contribution in [-0.2, 0) is 14.8 Å². The zero-order valence-corrected chi connectivity index (χ0v) is 11.9. The number of aromatic carboxylic acids is 1. The van der Waals surface area contributed by atoms with Crippen molar-refractivity contribution in [2.24, 2.45) is 0 Å². The molecule has 7 nitrogen and oxygen atoms in total. The molecule has 19 heavy (non-hydrogen) atoms. The van der Waals surface area contributed by atoms with Gasteiger partial charge in [-0.15, -0.1) is 11.3 Å². The fourth-order valence-electron chi connectivity index (χ4n) is 1.94. The summed E-state index contributed by atoms with van der Waals surface area (Å²) in [5.74, 6) is -1.33. The van der Waals surface area contributed by atoms with Crippen LogP contribution in [0, 0.1) is 0 Å². The monoisotopic (exact) mass is 306 g/mol.